The van der Waals surface area contributed by atoms with Crippen molar-refractivity contribution in [2.45, 2.75) is 12.5 Å². The first-order chi connectivity index (χ1) is 8.58. The predicted octanol–water partition coefficient (Wildman–Crippen LogP) is 3.89. The van der Waals surface area contributed by atoms with Crippen molar-refractivity contribution in [3.63, 3.8) is 0 Å². The second-order valence-electron chi connectivity index (χ2n) is 3.99. The minimum Gasteiger partial charge on any atom is -0.388 e. The Bertz CT molecular complexity index is 557. The van der Waals surface area contributed by atoms with Crippen LogP contribution in [-0.4, -0.2) is 5.11 Å². The van der Waals surface area contributed by atoms with E-state index in [1.807, 2.05) is 0 Å². The van der Waals surface area contributed by atoms with E-state index in [1.165, 1.54) is 24.3 Å². The third-order valence-electron chi connectivity index (χ3n) is 2.68. The molecule has 0 bridgehead atoms. The molecule has 0 aliphatic rings. The van der Waals surface area contributed by atoms with Gasteiger partial charge < -0.3 is 5.11 Å². The number of aliphatic hydroxyl groups is 1. The Balaban J connectivity index is 2.19. The van der Waals surface area contributed by atoms with Gasteiger partial charge in [-0.3, -0.25) is 0 Å². The smallest absolute Gasteiger partial charge is 0.142 e. The molecule has 4 heteroatoms. The first-order valence-corrected chi connectivity index (χ1v) is 5.82. The summed E-state index contributed by atoms with van der Waals surface area (Å²) in [5.41, 5.74) is 0.764. The second-order valence-corrected chi connectivity index (χ2v) is 4.40. The average molecular weight is 269 g/mol. The van der Waals surface area contributed by atoms with E-state index >= 15 is 0 Å². The third-order valence-corrected chi connectivity index (χ3v) is 2.98. The first-order valence-electron chi connectivity index (χ1n) is 5.44. The van der Waals surface area contributed by atoms with E-state index in [4.69, 9.17) is 11.6 Å². The lowest BCUT2D eigenvalue weighted by Crippen LogP contribution is -2.04. The Labute approximate surface area is 109 Å². The summed E-state index contributed by atoms with van der Waals surface area (Å²) in [5.74, 6) is -1.02. The summed E-state index contributed by atoms with van der Waals surface area (Å²) in [6.45, 7) is 0. The summed E-state index contributed by atoms with van der Waals surface area (Å²) in [4.78, 5) is 0. The summed E-state index contributed by atoms with van der Waals surface area (Å²) in [7, 11) is 0. The molecule has 0 radical (unpaired) electrons. The fraction of sp³-hybridized carbons (Fsp3) is 0.143. The van der Waals surface area contributed by atoms with Crippen LogP contribution in [0.2, 0.25) is 5.02 Å². The molecule has 2 rings (SSSR count). The summed E-state index contributed by atoms with van der Waals surface area (Å²) in [5, 5.41) is 9.95. The van der Waals surface area contributed by atoms with Crippen LogP contribution in [0.1, 0.15) is 17.2 Å². The Morgan fingerprint density at radius 1 is 1.06 bits per heavy atom. The van der Waals surface area contributed by atoms with Gasteiger partial charge in [0.15, 0.2) is 0 Å². The molecule has 2 aromatic rings. The van der Waals surface area contributed by atoms with Crippen LogP contribution < -0.4 is 0 Å². The Kier molecular flexibility index (Phi) is 3.94. The zero-order chi connectivity index (χ0) is 13.1. The summed E-state index contributed by atoms with van der Waals surface area (Å²) < 4.78 is 26.7. The molecule has 0 saturated carbocycles. The number of halogens is 3. The maximum absolute atomic E-state index is 13.4. The highest BCUT2D eigenvalue weighted by molar-refractivity contribution is 6.30. The van der Waals surface area contributed by atoms with Crippen molar-refractivity contribution in [3.8, 4) is 0 Å². The molecule has 0 aliphatic heterocycles. The molecule has 94 valence electrons. The van der Waals surface area contributed by atoms with Crippen molar-refractivity contribution in [1.29, 1.82) is 0 Å². The van der Waals surface area contributed by atoms with E-state index in [2.05, 4.69) is 0 Å². The quantitative estimate of drug-likeness (QED) is 0.895. The van der Waals surface area contributed by atoms with E-state index in [-0.39, 0.29) is 17.0 Å². The summed E-state index contributed by atoms with van der Waals surface area (Å²) in [6.07, 6.45) is -0.874. The van der Waals surface area contributed by atoms with E-state index < -0.39 is 17.7 Å². The van der Waals surface area contributed by atoms with E-state index in [1.54, 1.807) is 18.2 Å². The lowest BCUT2D eigenvalue weighted by Gasteiger charge is -2.12. The zero-order valence-corrected chi connectivity index (χ0v) is 10.2. The Morgan fingerprint density at radius 3 is 2.44 bits per heavy atom. The van der Waals surface area contributed by atoms with E-state index in [0.29, 0.717) is 5.56 Å². The Morgan fingerprint density at radius 2 is 1.78 bits per heavy atom. The Hall–Kier alpha value is -1.45. The fourth-order valence-electron chi connectivity index (χ4n) is 1.75. The van der Waals surface area contributed by atoms with Crippen LogP contribution in [0.15, 0.2) is 42.5 Å². The van der Waals surface area contributed by atoms with Gasteiger partial charge in [-0.25, -0.2) is 8.78 Å². The number of aliphatic hydroxyl groups excluding tert-OH is 1. The number of hydrogen-bond acceptors (Lipinski definition) is 1. The largest absolute Gasteiger partial charge is 0.388 e. The van der Waals surface area contributed by atoms with Crippen LogP contribution in [0.5, 0.6) is 0 Å². The van der Waals surface area contributed by atoms with Crippen molar-refractivity contribution in [1.82, 2.24) is 0 Å². The SMILES string of the molecule is OC(Cc1ccc(Cl)c(F)c1)c1ccccc1F. The van der Waals surface area contributed by atoms with Crippen LogP contribution >= 0.6 is 11.6 Å². The van der Waals surface area contributed by atoms with Gasteiger partial charge in [-0.2, -0.15) is 0 Å². The summed E-state index contributed by atoms with van der Waals surface area (Å²) >= 11 is 5.56. The van der Waals surface area contributed by atoms with Crippen molar-refractivity contribution in [2.24, 2.45) is 0 Å². The van der Waals surface area contributed by atoms with Crippen molar-refractivity contribution in [3.05, 3.63) is 70.2 Å². The molecule has 0 saturated heterocycles. The first kappa shape index (κ1) is 13.0. The molecular weight excluding hydrogens is 258 g/mol. The molecular formula is C14H11ClF2O. The monoisotopic (exact) mass is 268 g/mol. The topological polar surface area (TPSA) is 20.2 Å². The molecule has 0 amide bonds. The van der Waals surface area contributed by atoms with Crippen LogP contribution in [0.25, 0.3) is 0 Å². The molecule has 0 heterocycles. The molecule has 1 nitrogen and oxygen atoms in total. The highest BCUT2D eigenvalue weighted by Gasteiger charge is 2.13. The minimum atomic E-state index is -1.01. The van der Waals surface area contributed by atoms with Gasteiger partial charge in [0.2, 0.25) is 0 Å². The fourth-order valence-corrected chi connectivity index (χ4v) is 1.86. The third kappa shape index (κ3) is 2.86. The van der Waals surface area contributed by atoms with Crippen LogP contribution in [0, 0.1) is 11.6 Å². The highest BCUT2D eigenvalue weighted by Crippen LogP contribution is 2.23. The maximum Gasteiger partial charge on any atom is 0.142 e. The molecule has 2 aromatic carbocycles. The molecule has 1 N–H and O–H groups in total. The van der Waals surface area contributed by atoms with Crippen molar-refractivity contribution >= 4 is 11.6 Å². The molecule has 0 aromatic heterocycles. The van der Waals surface area contributed by atoms with Gasteiger partial charge >= 0.3 is 0 Å². The molecule has 0 spiro atoms. The molecule has 1 unspecified atom stereocenters. The number of hydrogen-bond donors (Lipinski definition) is 1. The number of rotatable bonds is 3. The maximum atomic E-state index is 13.4. The van der Waals surface area contributed by atoms with Gasteiger partial charge in [-0.15, -0.1) is 0 Å². The predicted molar refractivity (Wildman–Crippen MR) is 66.5 cm³/mol. The van der Waals surface area contributed by atoms with E-state index in [9.17, 15) is 13.9 Å². The van der Waals surface area contributed by atoms with Crippen molar-refractivity contribution < 1.29 is 13.9 Å². The molecule has 0 fully saturated rings. The van der Waals surface area contributed by atoms with E-state index in [0.717, 1.165) is 0 Å². The zero-order valence-electron chi connectivity index (χ0n) is 9.41. The molecule has 1 atom stereocenters. The lowest BCUT2D eigenvalue weighted by atomic mass is 10.0. The van der Waals surface area contributed by atoms with Crippen LogP contribution in [-0.2, 0) is 6.42 Å². The summed E-state index contributed by atoms with van der Waals surface area (Å²) in [6, 6.07) is 10.2. The van der Waals surface area contributed by atoms with Crippen molar-refractivity contribution in [2.75, 3.05) is 0 Å². The van der Waals surface area contributed by atoms with Crippen LogP contribution in [0.4, 0.5) is 8.78 Å². The molecule has 0 aliphatic carbocycles. The number of benzene rings is 2. The van der Waals surface area contributed by atoms with Gasteiger partial charge in [0.25, 0.3) is 0 Å². The standard InChI is InChI=1S/C14H11ClF2O/c15-11-6-5-9(7-13(11)17)8-14(18)10-3-1-2-4-12(10)16/h1-7,14,18H,8H2. The van der Waals surface area contributed by atoms with Gasteiger partial charge in [0, 0.05) is 12.0 Å². The average Bonchev–Trinajstić information content (AvgIpc) is 2.34. The highest BCUT2D eigenvalue weighted by atomic mass is 35.5. The normalized spacial score (nSPS) is 12.4. The minimum absolute atomic E-state index is 0.0270. The molecule has 18 heavy (non-hydrogen) atoms. The second kappa shape index (κ2) is 5.46. The lowest BCUT2D eigenvalue weighted by molar-refractivity contribution is 0.173. The van der Waals surface area contributed by atoms with Gasteiger partial charge in [-0.05, 0) is 23.8 Å². The van der Waals surface area contributed by atoms with Gasteiger partial charge in [0.05, 0.1) is 11.1 Å². The van der Waals surface area contributed by atoms with Gasteiger partial charge in [-0.1, -0.05) is 35.9 Å². The van der Waals surface area contributed by atoms with Gasteiger partial charge in [0.1, 0.15) is 11.6 Å². The van der Waals surface area contributed by atoms with Crippen LogP contribution in [0.3, 0.4) is 0 Å².